The van der Waals surface area contributed by atoms with Crippen molar-refractivity contribution in [1.29, 1.82) is 0 Å². The summed E-state index contributed by atoms with van der Waals surface area (Å²) in [5.74, 6) is 3.29. The van der Waals surface area contributed by atoms with E-state index in [-0.39, 0.29) is 0 Å². The molecule has 1 aliphatic rings. The smallest absolute Gasteiger partial charge is 0.208 e. The fourth-order valence-electron chi connectivity index (χ4n) is 3.31. The number of nitrogens with one attached hydrogen (secondary N) is 2. The first-order valence-electron chi connectivity index (χ1n) is 10.9. The Bertz CT molecular complexity index is 578. The summed E-state index contributed by atoms with van der Waals surface area (Å²) in [6, 6.07) is 0. The van der Waals surface area contributed by atoms with Crippen LogP contribution in [0.25, 0.3) is 0 Å². The van der Waals surface area contributed by atoms with Gasteiger partial charge in [0.2, 0.25) is 5.89 Å². The lowest BCUT2D eigenvalue weighted by molar-refractivity contribution is 0.0698. The molecule has 8 nitrogen and oxygen atoms in total. The Kier molecular flexibility index (Phi) is 11.1. The molecule has 1 fully saturated rings. The van der Waals surface area contributed by atoms with Gasteiger partial charge in [0.25, 0.3) is 0 Å². The first kappa shape index (κ1) is 23.6. The van der Waals surface area contributed by atoms with E-state index in [1.54, 1.807) is 7.11 Å². The van der Waals surface area contributed by atoms with Crippen molar-refractivity contribution in [3.05, 3.63) is 17.3 Å². The molecule has 2 rings (SSSR count). The summed E-state index contributed by atoms with van der Waals surface area (Å²) in [6.07, 6.45) is 3.27. The molecule has 1 aromatic heterocycles. The van der Waals surface area contributed by atoms with Crippen LogP contribution in [-0.2, 0) is 16.0 Å². The van der Waals surface area contributed by atoms with Crippen molar-refractivity contribution in [3.63, 3.8) is 0 Å². The monoisotopic (exact) mass is 409 g/mol. The number of aryl methyl sites for hydroxylation is 2. The number of oxazole rings is 1. The van der Waals surface area contributed by atoms with Crippen LogP contribution >= 0.6 is 0 Å². The number of rotatable bonds is 12. The van der Waals surface area contributed by atoms with Gasteiger partial charge in [0, 0.05) is 33.4 Å². The van der Waals surface area contributed by atoms with Crippen LogP contribution in [0.5, 0.6) is 0 Å². The normalized spacial score (nSPS) is 16.3. The van der Waals surface area contributed by atoms with Gasteiger partial charge in [-0.15, -0.1) is 0 Å². The maximum Gasteiger partial charge on any atom is 0.208 e. The third-order valence-electron chi connectivity index (χ3n) is 5.18. The van der Waals surface area contributed by atoms with Gasteiger partial charge in [-0.25, -0.2) is 4.98 Å². The Hall–Kier alpha value is -1.64. The molecule has 0 aliphatic carbocycles. The van der Waals surface area contributed by atoms with Crippen LogP contribution in [0.1, 0.15) is 43.5 Å². The topological polar surface area (TPSA) is 84.2 Å². The van der Waals surface area contributed by atoms with Gasteiger partial charge in [-0.05, 0) is 59.0 Å². The van der Waals surface area contributed by atoms with Crippen molar-refractivity contribution in [2.45, 2.75) is 46.6 Å². The maximum atomic E-state index is 5.72. The predicted molar refractivity (Wildman–Crippen MR) is 115 cm³/mol. The SMILES string of the molecule is CCNC(=NCC1CCN(Cc2nc(C)c(C)o2)CC1)NCCCOCCOC. The molecule has 0 unspecified atom stereocenters. The predicted octanol–water partition coefficient (Wildman–Crippen LogP) is 2.11. The second kappa shape index (κ2) is 13.6. The second-order valence-electron chi connectivity index (χ2n) is 7.57. The molecule has 2 heterocycles. The van der Waals surface area contributed by atoms with Gasteiger partial charge >= 0.3 is 0 Å². The molecular formula is C21H39N5O3. The summed E-state index contributed by atoms with van der Waals surface area (Å²) >= 11 is 0. The summed E-state index contributed by atoms with van der Waals surface area (Å²) in [4.78, 5) is 11.7. The van der Waals surface area contributed by atoms with Gasteiger partial charge < -0.3 is 24.5 Å². The van der Waals surface area contributed by atoms with Crippen molar-refractivity contribution in [3.8, 4) is 0 Å². The van der Waals surface area contributed by atoms with Gasteiger partial charge in [0.15, 0.2) is 5.96 Å². The minimum atomic E-state index is 0.632. The molecule has 1 saturated heterocycles. The third-order valence-corrected chi connectivity index (χ3v) is 5.18. The number of ether oxygens (including phenoxy) is 2. The van der Waals surface area contributed by atoms with Crippen LogP contribution < -0.4 is 10.6 Å². The minimum Gasteiger partial charge on any atom is -0.444 e. The zero-order chi connectivity index (χ0) is 20.9. The quantitative estimate of drug-likeness (QED) is 0.311. The minimum absolute atomic E-state index is 0.632. The average Bonchev–Trinajstić information content (AvgIpc) is 3.03. The van der Waals surface area contributed by atoms with Crippen molar-refractivity contribution < 1.29 is 13.9 Å². The highest BCUT2D eigenvalue weighted by Gasteiger charge is 2.20. The summed E-state index contributed by atoms with van der Waals surface area (Å²) in [5.41, 5.74) is 0.995. The Morgan fingerprint density at radius 2 is 2.00 bits per heavy atom. The van der Waals surface area contributed by atoms with E-state index in [1.807, 2.05) is 13.8 Å². The van der Waals surface area contributed by atoms with E-state index < -0.39 is 0 Å². The fraction of sp³-hybridized carbons (Fsp3) is 0.810. The number of likely N-dealkylation sites (tertiary alicyclic amines) is 1. The second-order valence-corrected chi connectivity index (χ2v) is 7.57. The zero-order valence-electron chi connectivity index (χ0n) is 18.6. The van der Waals surface area contributed by atoms with Crippen LogP contribution in [0.3, 0.4) is 0 Å². The molecule has 1 aliphatic heterocycles. The van der Waals surface area contributed by atoms with E-state index in [1.165, 1.54) is 0 Å². The molecule has 166 valence electrons. The van der Waals surface area contributed by atoms with Crippen molar-refractivity contribution in [1.82, 2.24) is 20.5 Å². The van der Waals surface area contributed by atoms with E-state index >= 15 is 0 Å². The lowest BCUT2D eigenvalue weighted by Crippen LogP contribution is -2.39. The molecular weight excluding hydrogens is 370 g/mol. The number of methoxy groups -OCH3 is 1. The summed E-state index contributed by atoms with van der Waals surface area (Å²) in [5, 5.41) is 6.73. The maximum absolute atomic E-state index is 5.72. The number of piperidine rings is 1. The molecule has 29 heavy (non-hydrogen) atoms. The molecule has 0 atom stereocenters. The van der Waals surface area contributed by atoms with Gasteiger partial charge in [-0.1, -0.05) is 0 Å². The number of nitrogens with zero attached hydrogens (tertiary/aromatic N) is 3. The number of guanidine groups is 1. The van der Waals surface area contributed by atoms with Gasteiger partial charge in [0.1, 0.15) is 5.76 Å². The summed E-state index contributed by atoms with van der Waals surface area (Å²) in [7, 11) is 1.69. The van der Waals surface area contributed by atoms with E-state index in [9.17, 15) is 0 Å². The zero-order valence-corrected chi connectivity index (χ0v) is 18.6. The van der Waals surface area contributed by atoms with Gasteiger partial charge in [-0.3, -0.25) is 9.89 Å². The fourth-order valence-corrected chi connectivity index (χ4v) is 3.31. The summed E-state index contributed by atoms with van der Waals surface area (Å²) in [6.45, 7) is 13.6. The molecule has 0 saturated carbocycles. The lowest BCUT2D eigenvalue weighted by Gasteiger charge is -2.30. The first-order valence-corrected chi connectivity index (χ1v) is 10.9. The van der Waals surface area contributed by atoms with Gasteiger partial charge in [-0.2, -0.15) is 0 Å². The van der Waals surface area contributed by atoms with E-state index in [0.29, 0.717) is 19.1 Å². The van der Waals surface area contributed by atoms with Crippen LogP contribution in [0.2, 0.25) is 0 Å². The Labute approximate surface area is 175 Å². The van der Waals surface area contributed by atoms with Crippen LogP contribution in [0.4, 0.5) is 0 Å². The summed E-state index contributed by atoms with van der Waals surface area (Å²) < 4.78 is 16.2. The molecule has 0 amide bonds. The largest absolute Gasteiger partial charge is 0.444 e. The number of hydrogen-bond donors (Lipinski definition) is 2. The number of hydrogen-bond acceptors (Lipinski definition) is 6. The van der Waals surface area contributed by atoms with Crippen LogP contribution in [0.15, 0.2) is 9.41 Å². The van der Waals surface area contributed by atoms with E-state index in [4.69, 9.17) is 18.9 Å². The highest BCUT2D eigenvalue weighted by Crippen LogP contribution is 2.20. The first-order chi connectivity index (χ1) is 14.1. The van der Waals surface area contributed by atoms with Crippen LogP contribution in [0, 0.1) is 19.8 Å². The Morgan fingerprint density at radius 3 is 2.66 bits per heavy atom. The molecule has 0 spiro atoms. The molecule has 0 bridgehead atoms. The van der Waals surface area contributed by atoms with Crippen molar-refractivity contribution in [2.24, 2.45) is 10.9 Å². The third kappa shape index (κ3) is 9.14. The number of aromatic nitrogens is 1. The van der Waals surface area contributed by atoms with Crippen molar-refractivity contribution >= 4 is 5.96 Å². The Balaban J connectivity index is 1.65. The van der Waals surface area contributed by atoms with Crippen LogP contribution in [-0.4, -0.2) is 75.5 Å². The molecule has 8 heteroatoms. The van der Waals surface area contributed by atoms with E-state index in [0.717, 1.165) is 88.4 Å². The highest BCUT2D eigenvalue weighted by molar-refractivity contribution is 5.79. The molecule has 0 radical (unpaired) electrons. The van der Waals surface area contributed by atoms with Crippen molar-refractivity contribution in [2.75, 3.05) is 59.7 Å². The van der Waals surface area contributed by atoms with Gasteiger partial charge in [0.05, 0.1) is 25.5 Å². The molecule has 1 aromatic rings. The van der Waals surface area contributed by atoms with E-state index in [2.05, 4.69) is 27.4 Å². The Morgan fingerprint density at radius 1 is 1.21 bits per heavy atom. The number of aliphatic imine (C=N–C) groups is 1. The standard InChI is InChI=1S/C21H39N5O3/c1-5-22-21(23-9-6-12-28-14-13-27-4)24-15-19-7-10-26(11-8-19)16-20-25-17(2)18(3)29-20/h19H,5-16H2,1-4H3,(H2,22,23,24). The highest BCUT2D eigenvalue weighted by atomic mass is 16.5. The lowest BCUT2D eigenvalue weighted by atomic mass is 9.97. The molecule has 0 aromatic carbocycles. The average molecular weight is 410 g/mol. The molecule has 2 N–H and O–H groups in total.